The Labute approximate surface area is 162 Å². The second-order valence-electron chi connectivity index (χ2n) is 6.99. The Morgan fingerprint density at radius 3 is 2.44 bits per heavy atom. The topological polar surface area (TPSA) is 54.0 Å². The fraction of sp³-hybridized carbons (Fsp3) is 0.588. The van der Waals surface area contributed by atoms with E-state index in [1.807, 2.05) is 56.4 Å². The second-order valence-corrected chi connectivity index (χ2v) is 8.77. The number of rotatable bonds is 5. The molecule has 1 heterocycles. The van der Waals surface area contributed by atoms with Gasteiger partial charge in [0.2, 0.25) is 0 Å². The molecule has 0 radical (unpaired) electrons. The first-order valence-corrected chi connectivity index (χ1v) is 9.80. The van der Waals surface area contributed by atoms with Gasteiger partial charge in [-0.1, -0.05) is 15.9 Å². The van der Waals surface area contributed by atoms with Crippen LogP contribution in [0, 0.1) is 0 Å². The van der Waals surface area contributed by atoms with Crippen molar-refractivity contribution in [1.82, 2.24) is 10.4 Å². The van der Waals surface area contributed by atoms with E-state index in [9.17, 15) is 4.79 Å². The van der Waals surface area contributed by atoms with Crippen molar-refractivity contribution in [2.24, 2.45) is 0 Å². The second kappa shape index (κ2) is 9.12. The molecular weight excluding hydrogens is 406 g/mol. The molecule has 1 aliphatic rings. The summed E-state index contributed by atoms with van der Waals surface area (Å²) in [6.45, 7) is 6.98. The van der Waals surface area contributed by atoms with Gasteiger partial charge in [0.15, 0.2) is 0 Å². The van der Waals surface area contributed by atoms with Gasteiger partial charge in [0, 0.05) is 36.3 Å². The third-order valence-electron chi connectivity index (χ3n) is 3.70. The summed E-state index contributed by atoms with van der Waals surface area (Å²) in [5.74, 6) is 0. The fourth-order valence-corrected chi connectivity index (χ4v) is 3.11. The number of halogens is 1. The van der Waals surface area contributed by atoms with Gasteiger partial charge in [0.05, 0.1) is 0 Å². The highest BCUT2D eigenvalue weighted by molar-refractivity contribution is 9.10. The van der Waals surface area contributed by atoms with Crippen LogP contribution in [0.5, 0.6) is 0 Å². The number of likely N-dealkylation sites (tertiary alicyclic amines) is 1. The highest BCUT2D eigenvalue weighted by Crippen LogP contribution is 2.23. The van der Waals surface area contributed by atoms with Crippen LogP contribution in [0.15, 0.2) is 28.7 Å². The van der Waals surface area contributed by atoms with E-state index in [1.165, 1.54) is 12.2 Å². The molecule has 1 aliphatic heterocycles. The smallest absolute Gasteiger partial charge is 0.410 e. The minimum Gasteiger partial charge on any atom is -0.444 e. The van der Waals surface area contributed by atoms with Crippen LogP contribution < -0.4 is 9.79 Å². The quantitative estimate of drug-likeness (QED) is 0.424. The summed E-state index contributed by atoms with van der Waals surface area (Å²) in [4.78, 5) is 13.8. The van der Waals surface area contributed by atoms with Gasteiger partial charge in [-0.05, 0) is 57.9 Å². The molecule has 1 aromatic carbocycles. The normalized spacial score (nSPS) is 16.0. The van der Waals surface area contributed by atoms with Crippen LogP contribution in [-0.2, 0) is 9.02 Å². The van der Waals surface area contributed by atoms with Crippen LogP contribution in [-0.4, -0.2) is 42.8 Å². The first-order valence-electron chi connectivity index (χ1n) is 8.31. The number of ether oxygens (including phenoxy) is 1. The average molecular weight is 432 g/mol. The third-order valence-corrected chi connectivity index (χ3v) is 4.83. The number of hydroxylamine groups is 1. The van der Waals surface area contributed by atoms with E-state index in [0.717, 1.165) is 23.0 Å². The average Bonchev–Trinajstić information content (AvgIpc) is 2.54. The van der Waals surface area contributed by atoms with E-state index >= 15 is 0 Å². The zero-order chi connectivity index (χ0) is 18.4. The lowest BCUT2D eigenvalue weighted by molar-refractivity contribution is 0.0165. The Morgan fingerprint density at radius 2 is 1.88 bits per heavy atom. The molecule has 140 valence electrons. The number of nitrogens with zero attached hydrogens (tertiary/aromatic N) is 2. The molecular formula is C17H26BrN3O3S. The monoisotopic (exact) mass is 431 g/mol. The zero-order valence-electron chi connectivity index (χ0n) is 15.1. The maximum Gasteiger partial charge on any atom is 0.410 e. The largest absolute Gasteiger partial charge is 0.444 e. The van der Waals surface area contributed by atoms with Crippen molar-refractivity contribution < 1.29 is 13.8 Å². The summed E-state index contributed by atoms with van der Waals surface area (Å²) in [6, 6.07) is 8.24. The number of carbonyl (C=O) groups excluding carboxylic acids is 1. The number of piperidine rings is 1. The van der Waals surface area contributed by atoms with Crippen LogP contribution in [0.4, 0.5) is 10.5 Å². The van der Waals surface area contributed by atoms with Crippen LogP contribution >= 0.6 is 28.2 Å². The molecule has 0 bridgehead atoms. The molecule has 0 saturated carbocycles. The molecule has 6 nitrogen and oxygen atoms in total. The molecule has 0 unspecified atom stereocenters. The summed E-state index contributed by atoms with van der Waals surface area (Å²) in [5, 5.41) is 0. The standard InChI is InChI=1S/C17H26BrN3O3S/c1-17(2,3)23-16(22)21-11-9-14(10-12-21)19-24-25-20(4)15-7-5-13(18)6-8-15/h5-8,14,19H,9-12H2,1-4H3. The van der Waals surface area contributed by atoms with Crippen molar-refractivity contribution in [2.45, 2.75) is 45.3 Å². The molecule has 1 aromatic rings. The Hall–Kier alpha value is -0.960. The predicted molar refractivity (Wildman–Crippen MR) is 105 cm³/mol. The van der Waals surface area contributed by atoms with Gasteiger partial charge >= 0.3 is 6.09 Å². The number of carbonyl (C=O) groups is 1. The van der Waals surface area contributed by atoms with E-state index in [0.29, 0.717) is 13.1 Å². The van der Waals surface area contributed by atoms with Crippen molar-refractivity contribution >= 4 is 39.9 Å². The summed E-state index contributed by atoms with van der Waals surface area (Å²) >= 11 is 4.67. The Kier molecular flexibility index (Phi) is 7.42. The highest BCUT2D eigenvalue weighted by Gasteiger charge is 2.27. The number of benzene rings is 1. The lowest BCUT2D eigenvalue weighted by Crippen LogP contribution is -2.46. The molecule has 2 rings (SSSR count). The van der Waals surface area contributed by atoms with Gasteiger partial charge in [-0.2, -0.15) is 5.48 Å². The molecule has 1 N–H and O–H groups in total. The summed E-state index contributed by atoms with van der Waals surface area (Å²) < 4.78 is 13.9. The molecule has 0 aliphatic carbocycles. The van der Waals surface area contributed by atoms with Gasteiger partial charge in [-0.25, -0.2) is 9.08 Å². The van der Waals surface area contributed by atoms with E-state index in [2.05, 4.69) is 21.4 Å². The maximum absolute atomic E-state index is 12.0. The van der Waals surface area contributed by atoms with Crippen molar-refractivity contribution in [2.75, 3.05) is 24.4 Å². The fourth-order valence-electron chi connectivity index (χ4n) is 2.35. The molecule has 25 heavy (non-hydrogen) atoms. The van der Waals surface area contributed by atoms with Crippen LogP contribution in [0.1, 0.15) is 33.6 Å². The minimum atomic E-state index is -0.455. The van der Waals surface area contributed by atoms with E-state index < -0.39 is 5.60 Å². The zero-order valence-corrected chi connectivity index (χ0v) is 17.5. The predicted octanol–water partition coefficient (Wildman–Crippen LogP) is 4.37. The Bertz CT molecular complexity index is 557. The van der Waals surface area contributed by atoms with Crippen LogP contribution in [0.25, 0.3) is 0 Å². The first kappa shape index (κ1) is 20.4. The van der Waals surface area contributed by atoms with Gasteiger partial charge in [0.25, 0.3) is 0 Å². The van der Waals surface area contributed by atoms with E-state index in [4.69, 9.17) is 9.02 Å². The van der Waals surface area contributed by atoms with Gasteiger partial charge in [0.1, 0.15) is 17.8 Å². The number of amides is 1. The number of anilines is 1. The first-order chi connectivity index (χ1) is 11.7. The summed E-state index contributed by atoms with van der Waals surface area (Å²) in [7, 11) is 1.95. The van der Waals surface area contributed by atoms with E-state index in [1.54, 1.807) is 4.90 Å². The number of hydrogen-bond acceptors (Lipinski definition) is 6. The van der Waals surface area contributed by atoms with Gasteiger partial charge in [-0.3, -0.25) is 4.31 Å². The summed E-state index contributed by atoms with van der Waals surface area (Å²) in [6.07, 6.45) is 1.43. The van der Waals surface area contributed by atoms with Crippen molar-refractivity contribution in [3.8, 4) is 0 Å². The van der Waals surface area contributed by atoms with Crippen molar-refractivity contribution in [3.63, 3.8) is 0 Å². The minimum absolute atomic E-state index is 0.226. The van der Waals surface area contributed by atoms with Crippen molar-refractivity contribution in [3.05, 3.63) is 28.7 Å². The van der Waals surface area contributed by atoms with Gasteiger partial charge < -0.3 is 9.64 Å². The third kappa shape index (κ3) is 7.05. The Balaban J connectivity index is 1.67. The Morgan fingerprint density at radius 1 is 1.28 bits per heavy atom. The molecule has 0 aromatic heterocycles. The van der Waals surface area contributed by atoms with Crippen molar-refractivity contribution in [1.29, 1.82) is 0 Å². The van der Waals surface area contributed by atoms with Gasteiger partial charge in [-0.15, -0.1) is 0 Å². The maximum atomic E-state index is 12.0. The summed E-state index contributed by atoms with van der Waals surface area (Å²) in [5.41, 5.74) is 3.67. The van der Waals surface area contributed by atoms with Crippen LogP contribution in [0.2, 0.25) is 0 Å². The molecule has 0 spiro atoms. The molecule has 8 heteroatoms. The lowest BCUT2D eigenvalue weighted by atomic mass is 10.1. The number of hydrogen-bond donors (Lipinski definition) is 1. The molecule has 1 saturated heterocycles. The number of nitrogens with one attached hydrogen (secondary N) is 1. The highest BCUT2D eigenvalue weighted by atomic mass is 79.9. The van der Waals surface area contributed by atoms with Crippen LogP contribution in [0.3, 0.4) is 0 Å². The SMILES string of the molecule is CN(SONC1CCN(C(=O)OC(C)(C)C)CC1)c1ccc(Br)cc1. The van der Waals surface area contributed by atoms with E-state index in [-0.39, 0.29) is 12.1 Å². The molecule has 1 amide bonds. The lowest BCUT2D eigenvalue weighted by Gasteiger charge is -2.33. The molecule has 0 atom stereocenters. The molecule has 1 fully saturated rings.